The Morgan fingerprint density at radius 3 is 2.63 bits per heavy atom. The number of fused-ring (bicyclic) bond motifs is 1. The first-order valence-corrected chi connectivity index (χ1v) is 11.3. The van der Waals surface area contributed by atoms with E-state index in [4.69, 9.17) is 9.47 Å². The highest BCUT2D eigenvalue weighted by atomic mass is 19.1. The van der Waals surface area contributed by atoms with Crippen LogP contribution in [0.25, 0.3) is 11.3 Å². The number of carbonyl (C=O) groups excluding carboxylic acids is 1. The molecule has 2 fully saturated rings. The van der Waals surface area contributed by atoms with Gasteiger partial charge in [0.25, 0.3) is 11.5 Å². The average molecular weight is 480 g/mol. The van der Waals surface area contributed by atoms with E-state index in [1.807, 2.05) is 4.90 Å². The van der Waals surface area contributed by atoms with Crippen molar-refractivity contribution in [1.29, 1.82) is 0 Å². The van der Waals surface area contributed by atoms with Crippen molar-refractivity contribution in [2.75, 3.05) is 39.2 Å². The number of ether oxygens (including phenoxy) is 2. The van der Waals surface area contributed by atoms with Crippen molar-refractivity contribution in [2.45, 2.75) is 0 Å². The van der Waals surface area contributed by atoms with Crippen LogP contribution in [0, 0.1) is 23.6 Å². The molecule has 0 radical (unpaired) electrons. The van der Waals surface area contributed by atoms with Crippen LogP contribution in [0.1, 0.15) is 10.4 Å². The van der Waals surface area contributed by atoms with Crippen molar-refractivity contribution in [1.82, 2.24) is 19.4 Å². The molecular weight excluding hydrogens is 453 g/mol. The molecule has 1 amide bonds. The van der Waals surface area contributed by atoms with Gasteiger partial charge in [0, 0.05) is 50.6 Å². The predicted octanol–water partition coefficient (Wildman–Crippen LogP) is 2.43. The molecule has 1 N–H and O–H groups in total. The second-order valence-corrected chi connectivity index (χ2v) is 8.87. The zero-order valence-corrected chi connectivity index (χ0v) is 19.7. The van der Waals surface area contributed by atoms with Crippen LogP contribution in [-0.4, -0.2) is 59.2 Å². The summed E-state index contributed by atoms with van der Waals surface area (Å²) in [7, 11) is 4.73. The molecule has 1 aromatic carbocycles. The van der Waals surface area contributed by atoms with Gasteiger partial charge in [-0.25, -0.2) is 9.37 Å². The van der Waals surface area contributed by atoms with Gasteiger partial charge in [0.1, 0.15) is 11.5 Å². The predicted molar refractivity (Wildman–Crippen MR) is 127 cm³/mol. The first-order chi connectivity index (χ1) is 16.9. The Balaban J connectivity index is 1.23. The van der Waals surface area contributed by atoms with Crippen LogP contribution in [0.5, 0.6) is 11.5 Å². The number of likely N-dealkylation sites (tertiary alicyclic amines) is 1. The summed E-state index contributed by atoms with van der Waals surface area (Å²) in [5, 5.41) is 3.26. The van der Waals surface area contributed by atoms with Gasteiger partial charge in [-0.1, -0.05) is 0 Å². The average Bonchev–Trinajstić information content (AvgIpc) is 3.32. The van der Waals surface area contributed by atoms with E-state index < -0.39 is 5.82 Å². The number of nitrogens with zero attached hydrogens (tertiary/aromatic N) is 4. The molecule has 1 aliphatic heterocycles. The minimum atomic E-state index is -0.533. The Bertz CT molecular complexity index is 1330. The number of nitrogens with one attached hydrogen (secondary N) is 1. The minimum absolute atomic E-state index is 0.0560. The lowest BCUT2D eigenvalue weighted by molar-refractivity contribution is 0.0765. The van der Waals surface area contributed by atoms with Crippen LogP contribution in [-0.2, 0) is 7.05 Å². The van der Waals surface area contributed by atoms with Crippen molar-refractivity contribution in [2.24, 2.45) is 24.8 Å². The largest absolute Gasteiger partial charge is 0.497 e. The van der Waals surface area contributed by atoms with E-state index >= 15 is 0 Å². The topological polar surface area (TPSA) is 98.6 Å². The number of hydrogen-bond acceptors (Lipinski definition) is 7. The van der Waals surface area contributed by atoms with E-state index in [-0.39, 0.29) is 22.7 Å². The van der Waals surface area contributed by atoms with Crippen LogP contribution < -0.4 is 20.3 Å². The molecule has 1 saturated heterocycles. The normalized spacial score (nSPS) is 20.3. The van der Waals surface area contributed by atoms with Crippen LogP contribution in [0.15, 0.2) is 47.5 Å². The van der Waals surface area contributed by atoms with Gasteiger partial charge in [0.05, 0.1) is 31.7 Å². The molecule has 35 heavy (non-hydrogen) atoms. The van der Waals surface area contributed by atoms with Crippen molar-refractivity contribution in [3.63, 3.8) is 0 Å². The fourth-order valence-corrected chi connectivity index (χ4v) is 4.89. The molecule has 1 saturated carbocycles. The SMILES string of the molecule is COc1ccc(C(=O)N2CC3C(CNc4nc(-c5ccncc5F)cc(=O)n4C)C3C2)c(OC)c1. The summed E-state index contributed by atoms with van der Waals surface area (Å²) in [6.07, 6.45) is 2.56. The fourth-order valence-electron chi connectivity index (χ4n) is 4.89. The highest BCUT2D eigenvalue weighted by molar-refractivity contribution is 5.97. The highest BCUT2D eigenvalue weighted by Gasteiger charge is 2.56. The molecule has 182 valence electrons. The Morgan fingerprint density at radius 2 is 1.94 bits per heavy atom. The number of pyridine rings is 1. The Hall–Kier alpha value is -3.95. The zero-order chi connectivity index (χ0) is 24.7. The number of carbonyl (C=O) groups is 1. The number of amides is 1. The first-order valence-electron chi connectivity index (χ1n) is 11.3. The number of rotatable bonds is 7. The van der Waals surface area contributed by atoms with E-state index in [0.717, 1.165) is 6.20 Å². The van der Waals surface area contributed by atoms with E-state index in [9.17, 15) is 14.0 Å². The lowest BCUT2D eigenvalue weighted by Gasteiger charge is -2.21. The van der Waals surface area contributed by atoms with Crippen LogP contribution in [0.4, 0.5) is 10.3 Å². The molecule has 3 heterocycles. The van der Waals surface area contributed by atoms with Crippen LogP contribution >= 0.6 is 0 Å². The molecule has 10 heteroatoms. The van der Waals surface area contributed by atoms with Crippen LogP contribution in [0.3, 0.4) is 0 Å². The summed E-state index contributed by atoms with van der Waals surface area (Å²) in [6, 6.07) is 8.00. The first kappa shape index (κ1) is 22.8. The summed E-state index contributed by atoms with van der Waals surface area (Å²) < 4.78 is 26.2. The number of piperidine rings is 1. The number of hydrogen-bond donors (Lipinski definition) is 1. The summed E-state index contributed by atoms with van der Waals surface area (Å²) in [5.74, 6) is 2.05. The molecule has 2 aromatic heterocycles. The van der Waals surface area contributed by atoms with E-state index in [1.165, 1.54) is 30.0 Å². The summed E-state index contributed by atoms with van der Waals surface area (Å²) in [4.78, 5) is 35.6. The lowest BCUT2D eigenvalue weighted by atomic mass is 10.1. The number of halogens is 1. The van der Waals surface area contributed by atoms with Gasteiger partial charge >= 0.3 is 0 Å². The smallest absolute Gasteiger partial charge is 0.257 e. The second kappa shape index (κ2) is 9.01. The molecule has 2 aliphatic rings. The highest BCUT2D eigenvalue weighted by Crippen LogP contribution is 2.52. The van der Waals surface area contributed by atoms with Gasteiger partial charge in [-0.3, -0.25) is 19.1 Å². The maximum Gasteiger partial charge on any atom is 0.257 e. The molecule has 5 rings (SSSR count). The Morgan fingerprint density at radius 1 is 1.17 bits per heavy atom. The fraction of sp³-hybridized carbons (Fsp3) is 0.360. The number of anilines is 1. The van der Waals surface area contributed by atoms with E-state index in [0.29, 0.717) is 60.4 Å². The quantitative estimate of drug-likeness (QED) is 0.556. The third-order valence-corrected chi connectivity index (χ3v) is 6.98. The van der Waals surface area contributed by atoms with E-state index in [2.05, 4.69) is 15.3 Å². The van der Waals surface area contributed by atoms with Gasteiger partial charge in [-0.05, 0) is 36.0 Å². The monoisotopic (exact) mass is 479 g/mol. The van der Waals surface area contributed by atoms with E-state index in [1.54, 1.807) is 32.4 Å². The maximum atomic E-state index is 14.2. The molecule has 2 unspecified atom stereocenters. The Labute approximate surface area is 201 Å². The van der Waals surface area contributed by atoms with Crippen LogP contribution in [0.2, 0.25) is 0 Å². The number of aromatic nitrogens is 3. The molecule has 0 bridgehead atoms. The van der Waals surface area contributed by atoms with Gasteiger partial charge in [0.15, 0.2) is 5.82 Å². The lowest BCUT2D eigenvalue weighted by Crippen LogP contribution is -2.33. The minimum Gasteiger partial charge on any atom is -0.497 e. The van der Waals surface area contributed by atoms with Gasteiger partial charge in [-0.15, -0.1) is 0 Å². The summed E-state index contributed by atoms with van der Waals surface area (Å²) >= 11 is 0. The van der Waals surface area contributed by atoms with Crippen molar-refractivity contribution in [3.05, 3.63) is 64.5 Å². The molecule has 2 atom stereocenters. The molecule has 3 aromatic rings. The van der Waals surface area contributed by atoms with Gasteiger partial charge in [0.2, 0.25) is 5.95 Å². The van der Waals surface area contributed by atoms with Crippen molar-refractivity contribution in [3.8, 4) is 22.8 Å². The molecule has 9 nitrogen and oxygen atoms in total. The van der Waals surface area contributed by atoms with Gasteiger partial charge in [-0.2, -0.15) is 0 Å². The van der Waals surface area contributed by atoms with Crippen molar-refractivity contribution >= 4 is 11.9 Å². The standard InChI is InChI=1S/C25H26FN5O4/c1-30-23(32)9-21(15-6-7-27-11-20(15)26)29-25(30)28-10-17-18-12-31(13-19(17)18)24(33)16-5-4-14(34-2)8-22(16)35-3/h4-9,11,17-19H,10,12-13H2,1-3H3,(H,28,29). The molecule has 1 aliphatic carbocycles. The van der Waals surface area contributed by atoms with Crippen molar-refractivity contribution < 1.29 is 18.7 Å². The Kier molecular flexibility index (Phi) is 5.88. The molecule has 0 spiro atoms. The third kappa shape index (κ3) is 4.20. The van der Waals surface area contributed by atoms with Gasteiger partial charge < -0.3 is 19.7 Å². The second-order valence-electron chi connectivity index (χ2n) is 8.87. The third-order valence-electron chi connectivity index (χ3n) is 6.98. The summed E-state index contributed by atoms with van der Waals surface area (Å²) in [5.41, 5.74) is 0.724. The zero-order valence-electron chi connectivity index (χ0n) is 19.7. The summed E-state index contributed by atoms with van der Waals surface area (Å²) in [6.45, 7) is 1.95. The number of benzene rings is 1. The number of methoxy groups -OCH3 is 2. The maximum absolute atomic E-state index is 14.2. The molecular formula is C25H26FN5O4.